The van der Waals surface area contributed by atoms with Gasteiger partial charge in [0.2, 0.25) is 6.10 Å². The van der Waals surface area contributed by atoms with Crippen molar-refractivity contribution in [2.45, 2.75) is 20.0 Å². The maximum atomic E-state index is 5.82. The molecule has 0 spiro atoms. The van der Waals surface area contributed by atoms with Gasteiger partial charge in [-0.05, 0) is 49.3 Å². The highest BCUT2D eigenvalue weighted by Gasteiger charge is 2.27. The van der Waals surface area contributed by atoms with E-state index >= 15 is 0 Å². The molecule has 1 aromatic carbocycles. The molecule has 2 aromatic rings. The van der Waals surface area contributed by atoms with E-state index in [4.69, 9.17) is 26.1 Å². The summed E-state index contributed by atoms with van der Waals surface area (Å²) in [6.07, 6.45) is -0.368. The molecule has 0 saturated carbocycles. The van der Waals surface area contributed by atoms with Crippen molar-refractivity contribution in [1.29, 1.82) is 0 Å². The maximum absolute atomic E-state index is 5.82. The molecule has 1 N–H and O–H groups in total. The molecule has 0 fully saturated rings. The van der Waals surface area contributed by atoms with E-state index in [0.29, 0.717) is 18.2 Å². The predicted octanol–water partition coefficient (Wildman–Crippen LogP) is 2.86. The number of aromatic amines is 1. The van der Waals surface area contributed by atoms with E-state index in [1.807, 2.05) is 26.0 Å². The number of hydrogen-bond donors (Lipinski definition) is 1. The molecule has 0 aliphatic carbocycles. The van der Waals surface area contributed by atoms with Gasteiger partial charge in [-0.1, -0.05) is 0 Å². The molecule has 3 rings (SSSR count). The van der Waals surface area contributed by atoms with Gasteiger partial charge in [-0.3, -0.25) is 0 Å². The smallest absolute Gasteiger partial charge is 0.284 e. The third-order valence-electron chi connectivity index (χ3n) is 2.95. The van der Waals surface area contributed by atoms with Crippen molar-refractivity contribution in [2.24, 2.45) is 0 Å². The summed E-state index contributed by atoms with van der Waals surface area (Å²) >= 11 is 4.84. The molecule has 1 atom stereocenters. The molecule has 94 valence electrons. The molecule has 5 nitrogen and oxygen atoms in total. The molecule has 6 heteroatoms. The van der Waals surface area contributed by atoms with Crippen molar-refractivity contribution in [1.82, 2.24) is 10.2 Å². The number of rotatable bonds is 1. The van der Waals surface area contributed by atoms with Crippen LogP contribution >= 0.6 is 12.2 Å². The third kappa shape index (κ3) is 1.88. The van der Waals surface area contributed by atoms with E-state index in [-0.39, 0.29) is 10.9 Å². The van der Waals surface area contributed by atoms with Gasteiger partial charge in [0.15, 0.2) is 11.5 Å². The van der Waals surface area contributed by atoms with Crippen LogP contribution in [0.15, 0.2) is 16.5 Å². The fourth-order valence-corrected chi connectivity index (χ4v) is 1.95. The second kappa shape index (κ2) is 4.13. The van der Waals surface area contributed by atoms with Crippen molar-refractivity contribution < 1.29 is 13.9 Å². The molecule has 1 aliphatic heterocycles. The van der Waals surface area contributed by atoms with E-state index in [9.17, 15) is 0 Å². The summed E-state index contributed by atoms with van der Waals surface area (Å²) in [6.45, 7) is 4.43. The van der Waals surface area contributed by atoms with Gasteiger partial charge in [-0.2, -0.15) is 0 Å². The number of aryl methyl sites for hydroxylation is 2. The zero-order valence-corrected chi connectivity index (χ0v) is 10.8. The van der Waals surface area contributed by atoms with Crippen molar-refractivity contribution in [3.8, 4) is 11.5 Å². The van der Waals surface area contributed by atoms with Gasteiger partial charge in [-0.25, -0.2) is 5.10 Å². The van der Waals surface area contributed by atoms with Crippen molar-refractivity contribution in [3.05, 3.63) is 34.0 Å². The lowest BCUT2D eigenvalue weighted by molar-refractivity contribution is 0.0707. The highest BCUT2D eigenvalue weighted by molar-refractivity contribution is 7.71. The van der Waals surface area contributed by atoms with Crippen LogP contribution in [0.3, 0.4) is 0 Å². The lowest BCUT2D eigenvalue weighted by Crippen LogP contribution is -2.22. The number of nitrogens with one attached hydrogen (secondary N) is 1. The standard InChI is InChI=1S/C12H12N2O3S/c1-6-3-8-9(4-7(6)2)16-10(5-15-8)11-13-14-12(18)17-11/h3-4,10H,5H2,1-2H3,(H,14,18). The minimum atomic E-state index is -0.368. The molecule has 1 aromatic heterocycles. The van der Waals surface area contributed by atoms with Gasteiger partial charge < -0.3 is 13.9 Å². The van der Waals surface area contributed by atoms with Crippen LogP contribution in [-0.2, 0) is 0 Å². The van der Waals surface area contributed by atoms with Gasteiger partial charge in [-0.15, -0.1) is 5.10 Å². The number of fused-ring (bicyclic) bond motifs is 1. The number of H-pyrrole nitrogens is 1. The van der Waals surface area contributed by atoms with Crippen LogP contribution in [0, 0.1) is 18.7 Å². The quantitative estimate of drug-likeness (QED) is 0.802. The summed E-state index contributed by atoms with van der Waals surface area (Å²) in [6, 6.07) is 3.93. The first-order valence-electron chi connectivity index (χ1n) is 5.59. The van der Waals surface area contributed by atoms with Gasteiger partial charge in [0.1, 0.15) is 6.61 Å². The normalized spacial score (nSPS) is 17.8. The molecule has 0 radical (unpaired) electrons. The van der Waals surface area contributed by atoms with Gasteiger partial charge >= 0.3 is 0 Å². The Kier molecular flexibility index (Phi) is 2.59. The fraction of sp³-hybridized carbons (Fsp3) is 0.333. The van der Waals surface area contributed by atoms with E-state index < -0.39 is 0 Å². The summed E-state index contributed by atoms with van der Waals surface area (Å²) in [5.74, 6) is 1.87. The first kappa shape index (κ1) is 11.3. The van der Waals surface area contributed by atoms with Crippen LogP contribution in [-0.4, -0.2) is 16.8 Å². The summed E-state index contributed by atoms with van der Waals surface area (Å²) in [4.78, 5) is 0.236. The molecular formula is C12H12N2O3S. The first-order valence-corrected chi connectivity index (χ1v) is 6.00. The summed E-state index contributed by atoms with van der Waals surface area (Å²) in [5, 5.41) is 6.52. The Hall–Kier alpha value is -1.82. The van der Waals surface area contributed by atoms with Crippen LogP contribution in [0.25, 0.3) is 0 Å². The molecule has 0 bridgehead atoms. The van der Waals surface area contributed by atoms with E-state index in [0.717, 1.165) is 11.3 Å². The second-order valence-corrected chi connectivity index (χ2v) is 4.62. The predicted molar refractivity (Wildman–Crippen MR) is 66.5 cm³/mol. The average molecular weight is 264 g/mol. The minimum absolute atomic E-state index is 0.236. The molecule has 18 heavy (non-hydrogen) atoms. The fourth-order valence-electron chi connectivity index (χ4n) is 1.82. The highest BCUT2D eigenvalue weighted by atomic mass is 32.1. The Morgan fingerprint density at radius 3 is 2.67 bits per heavy atom. The van der Waals surface area contributed by atoms with Crippen molar-refractivity contribution in [3.63, 3.8) is 0 Å². The first-order chi connectivity index (χ1) is 8.63. The third-order valence-corrected chi connectivity index (χ3v) is 3.12. The van der Waals surface area contributed by atoms with Crippen LogP contribution < -0.4 is 9.47 Å². The van der Waals surface area contributed by atoms with Crippen LogP contribution in [0.1, 0.15) is 23.1 Å². The van der Waals surface area contributed by atoms with Gasteiger partial charge in [0.25, 0.3) is 10.7 Å². The van der Waals surface area contributed by atoms with Crippen LogP contribution in [0.4, 0.5) is 0 Å². The number of nitrogens with zero attached hydrogens (tertiary/aromatic N) is 1. The Bertz CT molecular complexity index is 647. The maximum Gasteiger partial charge on any atom is 0.284 e. The number of hydrogen-bond acceptors (Lipinski definition) is 5. The van der Waals surface area contributed by atoms with Gasteiger partial charge in [0, 0.05) is 0 Å². The van der Waals surface area contributed by atoms with Crippen LogP contribution in [0.5, 0.6) is 11.5 Å². The lowest BCUT2D eigenvalue weighted by atomic mass is 10.1. The van der Waals surface area contributed by atoms with E-state index in [1.165, 1.54) is 5.56 Å². The molecule has 0 amide bonds. The number of ether oxygens (including phenoxy) is 2. The van der Waals surface area contributed by atoms with Gasteiger partial charge in [0.05, 0.1) is 0 Å². The number of benzene rings is 1. The number of aromatic nitrogens is 2. The molecule has 1 unspecified atom stereocenters. The van der Waals surface area contributed by atoms with E-state index in [2.05, 4.69) is 10.2 Å². The largest absolute Gasteiger partial charge is 0.485 e. The Balaban J connectivity index is 1.93. The summed E-state index contributed by atoms with van der Waals surface area (Å²) in [5.41, 5.74) is 2.33. The van der Waals surface area contributed by atoms with Crippen molar-refractivity contribution >= 4 is 12.2 Å². The Morgan fingerprint density at radius 1 is 1.28 bits per heavy atom. The topological polar surface area (TPSA) is 60.3 Å². The van der Waals surface area contributed by atoms with Crippen molar-refractivity contribution in [2.75, 3.05) is 6.61 Å². The lowest BCUT2D eigenvalue weighted by Gasteiger charge is -2.25. The molecule has 0 saturated heterocycles. The zero-order chi connectivity index (χ0) is 12.7. The van der Waals surface area contributed by atoms with Crippen LogP contribution in [0.2, 0.25) is 0 Å². The second-order valence-electron chi connectivity index (χ2n) is 4.25. The zero-order valence-electron chi connectivity index (χ0n) is 10.0. The van der Waals surface area contributed by atoms with E-state index in [1.54, 1.807) is 0 Å². The molecular weight excluding hydrogens is 252 g/mol. The Morgan fingerprint density at radius 2 is 2.00 bits per heavy atom. The highest BCUT2D eigenvalue weighted by Crippen LogP contribution is 2.37. The Labute approximate surface area is 109 Å². The molecule has 2 heterocycles. The molecule has 1 aliphatic rings. The summed E-state index contributed by atoms with van der Waals surface area (Å²) in [7, 11) is 0. The summed E-state index contributed by atoms with van der Waals surface area (Å²) < 4.78 is 16.7. The SMILES string of the molecule is Cc1cc2c(cc1C)OC(c1n[nH]c(=S)o1)CO2. The minimum Gasteiger partial charge on any atom is -0.485 e. The average Bonchev–Trinajstić information content (AvgIpc) is 2.77. The monoisotopic (exact) mass is 264 g/mol.